The Labute approximate surface area is 114 Å². The van der Waals surface area contributed by atoms with E-state index in [4.69, 9.17) is 4.74 Å². The molecule has 0 saturated carbocycles. The second-order valence-electron chi connectivity index (χ2n) is 4.79. The summed E-state index contributed by atoms with van der Waals surface area (Å²) in [5.74, 6) is -0.503. The third-order valence-corrected chi connectivity index (χ3v) is 3.29. The molecule has 0 spiro atoms. The first-order valence-corrected chi connectivity index (χ1v) is 6.13. The Bertz CT molecular complexity index is 477. The molecule has 1 aliphatic heterocycles. The van der Waals surface area contributed by atoms with Gasteiger partial charge in [-0.3, -0.25) is 4.79 Å². The summed E-state index contributed by atoms with van der Waals surface area (Å²) in [5, 5.41) is 18.0. The minimum atomic E-state index is -1.11. The van der Waals surface area contributed by atoms with Gasteiger partial charge in [0.05, 0.1) is 19.3 Å². The van der Waals surface area contributed by atoms with Crippen LogP contribution < -0.4 is 10.6 Å². The third kappa shape index (κ3) is 3.05. The lowest BCUT2D eigenvalue weighted by molar-refractivity contribution is -0.148. The summed E-state index contributed by atoms with van der Waals surface area (Å²) in [5.41, 5.74) is -1.11. The summed E-state index contributed by atoms with van der Waals surface area (Å²) in [6.45, 7) is 2.13. The van der Waals surface area contributed by atoms with Gasteiger partial charge in [0, 0.05) is 13.0 Å². The Kier molecular flexibility index (Phi) is 4.18. The summed E-state index contributed by atoms with van der Waals surface area (Å²) in [6, 6.07) is -1.01. The van der Waals surface area contributed by atoms with E-state index in [0.717, 1.165) is 0 Å². The third-order valence-electron chi connectivity index (χ3n) is 3.29. The number of nitrogens with one attached hydrogen (secondary N) is 2. The van der Waals surface area contributed by atoms with Crippen LogP contribution in [0.1, 0.15) is 12.7 Å². The number of nitrogens with zero attached hydrogens (tertiary/aromatic N) is 2. The predicted octanol–water partition coefficient (Wildman–Crippen LogP) is -0.599. The van der Waals surface area contributed by atoms with Crippen LogP contribution >= 0.6 is 0 Å². The van der Waals surface area contributed by atoms with Crippen molar-refractivity contribution in [1.82, 2.24) is 20.8 Å². The van der Waals surface area contributed by atoms with Crippen LogP contribution in [-0.4, -0.2) is 53.0 Å². The van der Waals surface area contributed by atoms with Gasteiger partial charge >= 0.3 is 12.0 Å². The Morgan fingerprint density at radius 3 is 3.05 bits per heavy atom. The molecule has 110 valence electrons. The normalized spacial score (nSPS) is 25.4. The number of aromatic nitrogens is 2. The summed E-state index contributed by atoms with van der Waals surface area (Å²) in [6.07, 6.45) is 1.64. The van der Waals surface area contributed by atoms with Crippen molar-refractivity contribution in [3.8, 4) is 0 Å². The zero-order valence-corrected chi connectivity index (χ0v) is 11.0. The lowest BCUT2D eigenvalue weighted by atomic mass is 9.85. The molecule has 20 heavy (non-hydrogen) atoms. The highest BCUT2D eigenvalue weighted by molar-refractivity contribution is 5.79. The lowest BCUT2D eigenvalue weighted by Gasteiger charge is -2.25. The number of aliphatic carboxylic acids is 1. The molecule has 1 aliphatic rings. The van der Waals surface area contributed by atoms with Crippen LogP contribution in [0.3, 0.4) is 0 Å². The molecule has 1 saturated heterocycles. The van der Waals surface area contributed by atoms with Gasteiger partial charge in [-0.15, -0.1) is 0 Å². The molecular weight excluding hydrogens is 268 g/mol. The molecule has 9 nitrogen and oxygen atoms in total. The van der Waals surface area contributed by atoms with Crippen molar-refractivity contribution in [1.29, 1.82) is 0 Å². The molecule has 0 aliphatic carbocycles. The van der Waals surface area contributed by atoms with Gasteiger partial charge < -0.3 is 25.0 Å². The van der Waals surface area contributed by atoms with Crippen LogP contribution in [0, 0.1) is 5.41 Å². The number of hydrogen-bond acceptors (Lipinski definition) is 6. The van der Waals surface area contributed by atoms with E-state index < -0.39 is 23.5 Å². The van der Waals surface area contributed by atoms with E-state index in [1.807, 2.05) is 0 Å². The summed E-state index contributed by atoms with van der Waals surface area (Å²) < 4.78 is 9.70. The predicted molar refractivity (Wildman–Crippen MR) is 64.9 cm³/mol. The minimum Gasteiger partial charge on any atom is -0.481 e. The molecule has 2 atom stereocenters. The quantitative estimate of drug-likeness (QED) is 0.659. The van der Waals surface area contributed by atoms with E-state index in [0.29, 0.717) is 18.8 Å². The highest BCUT2D eigenvalue weighted by Crippen LogP contribution is 2.28. The monoisotopic (exact) mass is 284 g/mol. The number of amides is 2. The van der Waals surface area contributed by atoms with E-state index >= 15 is 0 Å². The van der Waals surface area contributed by atoms with E-state index in [2.05, 4.69) is 25.3 Å². The molecule has 2 unspecified atom stereocenters. The van der Waals surface area contributed by atoms with Gasteiger partial charge in [0.1, 0.15) is 5.41 Å². The van der Waals surface area contributed by atoms with Crippen LogP contribution in [0.4, 0.5) is 4.79 Å². The lowest BCUT2D eigenvalue weighted by Crippen LogP contribution is -2.52. The van der Waals surface area contributed by atoms with Crippen molar-refractivity contribution in [2.75, 3.05) is 19.8 Å². The average molecular weight is 284 g/mol. The average Bonchev–Trinajstić information content (AvgIpc) is 3.01. The molecular formula is C11H16N4O5. The van der Waals surface area contributed by atoms with Crippen molar-refractivity contribution >= 4 is 12.0 Å². The number of rotatable bonds is 5. The van der Waals surface area contributed by atoms with Crippen LogP contribution in [0.2, 0.25) is 0 Å². The van der Waals surface area contributed by atoms with E-state index in [9.17, 15) is 14.7 Å². The smallest absolute Gasteiger partial charge is 0.315 e. The second kappa shape index (κ2) is 5.87. The van der Waals surface area contributed by atoms with Gasteiger partial charge in [-0.1, -0.05) is 5.16 Å². The van der Waals surface area contributed by atoms with Gasteiger partial charge in [0.15, 0.2) is 5.82 Å². The first-order valence-electron chi connectivity index (χ1n) is 6.13. The number of urea groups is 1. The Balaban J connectivity index is 1.78. The molecule has 1 fully saturated rings. The number of carbonyl (C=O) groups excluding carboxylic acids is 1. The number of ether oxygens (including phenoxy) is 1. The fraction of sp³-hybridized carbons (Fsp3) is 0.636. The Morgan fingerprint density at radius 1 is 1.60 bits per heavy atom. The highest BCUT2D eigenvalue weighted by Gasteiger charge is 2.47. The SMILES string of the molecule is CC1(C(=O)O)COCC1NC(=O)NCCc1ncon1. The van der Waals surface area contributed by atoms with Crippen LogP contribution in [0.5, 0.6) is 0 Å². The molecule has 0 bridgehead atoms. The zero-order chi connectivity index (χ0) is 14.6. The van der Waals surface area contributed by atoms with Gasteiger partial charge in [-0.25, -0.2) is 4.79 Å². The van der Waals surface area contributed by atoms with Crippen LogP contribution in [0.25, 0.3) is 0 Å². The molecule has 1 aromatic rings. The highest BCUT2D eigenvalue weighted by atomic mass is 16.5. The van der Waals surface area contributed by atoms with Crippen molar-refractivity contribution in [3.05, 3.63) is 12.2 Å². The van der Waals surface area contributed by atoms with Gasteiger partial charge in [-0.2, -0.15) is 4.98 Å². The van der Waals surface area contributed by atoms with Crippen molar-refractivity contribution in [3.63, 3.8) is 0 Å². The number of carbonyl (C=O) groups is 2. The largest absolute Gasteiger partial charge is 0.481 e. The Hall–Kier alpha value is -2.16. The van der Waals surface area contributed by atoms with Crippen molar-refractivity contribution in [2.45, 2.75) is 19.4 Å². The standard InChI is InChI=1S/C11H16N4O5/c1-11(9(16)17)5-19-4-7(11)14-10(18)12-3-2-8-13-6-20-15-8/h6-7H,2-5H2,1H3,(H,16,17)(H2,12,14,18). The molecule has 0 radical (unpaired) electrons. The summed E-state index contributed by atoms with van der Waals surface area (Å²) in [4.78, 5) is 26.7. The maximum absolute atomic E-state index is 11.7. The summed E-state index contributed by atoms with van der Waals surface area (Å²) in [7, 11) is 0. The van der Waals surface area contributed by atoms with Gasteiger partial charge in [0.2, 0.25) is 6.39 Å². The maximum atomic E-state index is 11.7. The van der Waals surface area contributed by atoms with Gasteiger partial charge in [0.25, 0.3) is 0 Å². The first-order chi connectivity index (χ1) is 9.52. The zero-order valence-electron chi connectivity index (χ0n) is 11.0. The molecule has 2 rings (SSSR count). The van der Waals surface area contributed by atoms with E-state index in [1.54, 1.807) is 6.92 Å². The van der Waals surface area contributed by atoms with Crippen LogP contribution in [-0.2, 0) is 16.0 Å². The molecule has 2 heterocycles. The molecule has 1 aromatic heterocycles. The maximum Gasteiger partial charge on any atom is 0.315 e. The topological polar surface area (TPSA) is 127 Å². The fourth-order valence-corrected chi connectivity index (χ4v) is 1.88. The van der Waals surface area contributed by atoms with Crippen LogP contribution in [0.15, 0.2) is 10.9 Å². The first kappa shape index (κ1) is 14.3. The van der Waals surface area contributed by atoms with Gasteiger partial charge in [-0.05, 0) is 6.92 Å². The molecule has 9 heteroatoms. The van der Waals surface area contributed by atoms with Crippen molar-refractivity contribution < 1.29 is 24.0 Å². The summed E-state index contributed by atoms with van der Waals surface area (Å²) >= 11 is 0. The van der Waals surface area contributed by atoms with Crippen molar-refractivity contribution in [2.24, 2.45) is 5.41 Å². The molecule has 3 N–H and O–H groups in total. The van der Waals surface area contributed by atoms with E-state index in [1.165, 1.54) is 6.39 Å². The fourth-order valence-electron chi connectivity index (χ4n) is 1.88. The molecule has 2 amide bonds. The number of carboxylic acid groups (broad SMARTS) is 1. The Morgan fingerprint density at radius 2 is 2.40 bits per heavy atom. The second-order valence-corrected chi connectivity index (χ2v) is 4.79. The number of hydrogen-bond donors (Lipinski definition) is 3. The number of carboxylic acids is 1. The molecule has 0 aromatic carbocycles. The van der Waals surface area contributed by atoms with E-state index in [-0.39, 0.29) is 13.2 Å². The minimum absolute atomic E-state index is 0.0795.